The number of ether oxygens (including phenoxy) is 1. The number of aromatic nitrogens is 1. The van der Waals surface area contributed by atoms with Gasteiger partial charge in [-0.2, -0.15) is 0 Å². The lowest BCUT2D eigenvalue weighted by Gasteiger charge is -2.22. The molecule has 1 aliphatic rings. The number of rotatable bonds is 8. The Bertz CT molecular complexity index is 2240. The highest BCUT2D eigenvalue weighted by Crippen LogP contribution is 2.50. The number of hydrogen-bond acceptors (Lipinski definition) is 2. The van der Waals surface area contributed by atoms with Crippen LogP contribution < -0.4 is 5.32 Å². The van der Waals surface area contributed by atoms with E-state index in [0.29, 0.717) is 13.2 Å². The number of fused-ring (bicyclic) bond motifs is 6. The molecule has 0 atom stereocenters. The van der Waals surface area contributed by atoms with E-state index in [4.69, 9.17) is 4.74 Å². The van der Waals surface area contributed by atoms with Crippen molar-refractivity contribution in [1.82, 2.24) is 4.57 Å². The van der Waals surface area contributed by atoms with Gasteiger partial charge in [0.15, 0.2) is 0 Å². The molecule has 0 unspecified atom stereocenters. The molecule has 1 aliphatic carbocycles. The van der Waals surface area contributed by atoms with Crippen LogP contribution in [0.15, 0.2) is 140 Å². The predicted molar refractivity (Wildman–Crippen MR) is 193 cm³/mol. The van der Waals surface area contributed by atoms with Crippen molar-refractivity contribution in [3.05, 3.63) is 168 Å². The summed E-state index contributed by atoms with van der Waals surface area (Å²) in [5.41, 5.74) is 14.4. The van der Waals surface area contributed by atoms with Crippen LogP contribution in [0.25, 0.3) is 44.7 Å². The van der Waals surface area contributed by atoms with Crippen LogP contribution >= 0.6 is 0 Å². The van der Waals surface area contributed by atoms with Crippen LogP contribution in [0.2, 0.25) is 0 Å². The summed E-state index contributed by atoms with van der Waals surface area (Å²) in [4.78, 5) is 0. The van der Waals surface area contributed by atoms with Gasteiger partial charge in [-0.05, 0) is 87.5 Å². The first kappa shape index (κ1) is 28.1. The molecule has 224 valence electrons. The lowest BCUT2D eigenvalue weighted by molar-refractivity contribution is 0.107. The maximum Gasteiger partial charge on any atom is 0.0721 e. The molecule has 46 heavy (non-hydrogen) atoms. The Balaban J connectivity index is 1.05. The van der Waals surface area contributed by atoms with Crippen molar-refractivity contribution in [1.29, 1.82) is 0 Å². The summed E-state index contributed by atoms with van der Waals surface area (Å²) in [6.45, 7) is 9.67. The van der Waals surface area contributed by atoms with Crippen LogP contribution in [-0.4, -0.2) is 4.57 Å². The molecule has 0 bridgehead atoms. The Morgan fingerprint density at radius 3 is 2.07 bits per heavy atom. The van der Waals surface area contributed by atoms with Gasteiger partial charge in [0.25, 0.3) is 0 Å². The third-order valence-corrected chi connectivity index (χ3v) is 9.47. The average Bonchev–Trinajstić information content (AvgIpc) is 3.53. The number of nitrogens with one attached hydrogen (secondary N) is 1. The molecule has 0 spiro atoms. The number of nitrogens with zero attached hydrogens (tertiary/aromatic N) is 1. The third-order valence-electron chi connectivity index (χ3n) is 9.47. The lowest BCUT2D eigenvalue weighted by Crippen LogP contribution is -2.15. The van der Waals surface area contributed by atoms with Crippen LogP contribution in [0.5, 0.6) is 0 Å². The fourth-order valence-electron chi connectivity index (χ4n) is 7.06. The molecule has 1 heterocycles. The minimum Gasteiger partial charge on any atom is -0.372 e. The van der Waals surface area contributed by atoms with E-state index in [1.54, 1.807) is 0 Å². The number of para-hydroxylation sites is 2. The zero-order chi connectivity index (χ0) is 31.3. The van der Waals surface area contributed by atoms with Crippen molar-refractivity contribution in [2.24, 2.45) is 0 Å². The predicted octanol–water partition coefficient (Wildman–Crippen LogP) is 11.2. The molecular weight excluding hydrogens is 560 g/mol. The first-order chi connectivity index (χ1) is 22.5. The zero-order valence-electron chi connectivity index (χ0n) is 26.3. The maximum atomic E-state index is 6.12. The van der Waals surface area contributed by atoms with Gasteiger partial charge >= 0.3 is 0 Å². The Labute approximate surface area is 270 Å². The summed E-state index contributed by atoms with van der Waals surface area (Å²) in [7, 11) is 0. The summed E-state index contributed by atoms with van der Waals surface area (Å²) in [5, 5.41) is 6.22. The second-order valence-corrected chi connectivity index (χ2v) is 12.7. The maximum absolute atomic E-state index is 6.12. The molecule has 0 fully saturated rings. The zero-order valence-corrected chi connectivity index (χ0v) is 26.3. The van der Waals surface area contributed by atoms with Gasteiger partial charge in [0.2, 0.25) is 0 Å². The Hall–Kier alpha value is -5.38. The van der Waals surface area contributed by atoms with E-state index in [1.807, 2.05) is 6.08 Å². The number of hydrogen-bond donors (Lipinski definition) is 1. The molecular formula is C43H36N2O. The summed E-state index contributed by atoms with van der Waals surface area (Å²) >= 11 is 0. The normalized spacial score (nSPS) is 13.1. The van der Waals surface area contributed by atoms with E-state index in [9.17, 15) is 0 Å². The van der Waals surface area contributed by atoms with Crippen LogP contribution in [0.1, 0.15) is 41.7 Å². The fraction of sp³-hybridized carbons (Fsp3) is 0.116. The lowest BCUT2D eigenvalue weighted by atomic mass is 9.82. The quantitative estimate of drug-likeness (QED) is 0.189. The van der Waals surface area contributed by atoms with Gasteiger partial charge in [0.1, 0.15) is 0 Å². The SMILES string of the molecule is C=Cc1ccc(COCc2ccc3c(c2)C(C)(C)c2cc(Nc4ccc5c(c4)c4ccccc4n5-c4ccccc4)ccc2-3)cc1. The van der Waals surface area contributed by atoms with Gasteiger partial charge < -0.3 is 14.6 Å². The van der Waals surface area contributed by atoms with Crippen molar-refractivity contribution in [2.45, 2.75) is 32.5 Å². The van der Waals surface area contributed by atoms with Gasteiger partial charge in [-0.15, -0.1) is 0 Å². The van der Waals surface area contributed by atoms with E-state index < -0.39 is 0 Å². The molecule has 0 radical (unpaired) electrons. The molecule has 6 aromatic carbocycles. The summed E-state index contributed by atoms with van der Waals surface area (Å²) in [6, 6.07) is 47.9. The highest BCUT2D eigenvalue weighted by atomic mass is 16.5. The van der Waals surface area contributed by atoms with E-state index in [2.05, 4.69) is 164 Å². The molecule has 1 aromatic heterocycles. The summed E-state index contributed by atoms with van der Waals surface area (Å²) < 4.78 is 8.47. The molecule has 3 nitrogen and oxygen atoms in total. The van der Waals surface area contributed by atoms with E-state index in [0.717, 1.165) is 16.9 Å². The molecule has 8 rings (SSSR count). The second kappa shape index (κ2) is 11.2. The number of anilines is 2. The standard InChI is InChI=1S/C43H36N2O/c1-4-29-14-16-30(17-15-29)27-46-28-31-18-21-35-36-22-19-33(26-40(36)43(2,3)39(35)24-31)44-32-20-23-42-38(25-32)37-12-8-9-13-41(37)45(42)34-10-6-5-7-11-34/h4-26,44H,1,27-28H2,2-3H3. The van der Waals surface area contributed by atoms with Crippen LogP contribution in [0, 0.1) is 0 Å². The molecule has 0 saturated carbocycles. The van der Waals surface area contributed by atoms with Gasteiger partial charge in [-0.25, -0.2) is 0 Å². The van der Waals surface area contributed by atoms with E-state index >= 15 is 0 Å². The minimum absolute atomic E-state index is 0.119. The summed E-state index contributed by atoms with van der Waals surface area (Å²) in [6.07, 6.45) is 1.86. The van der Waals surface area contributed by atoms with Gasteiger partial charge in [0.05, 0.1) is 24.2 Å². The Kier molecular flexibility index (Phi) is 6.85. The molecule has 7 aromatic rings. The van der Waals surface area contributed by atoms with Crippen molar-refractivity contribution in [3.63, 3.8) is 0 Å². The first-order valence-electron chi connectivity index (χ1n) is 15.9. The molecule has 3 heteroatoms. The van der Waals surface area contributed by atoms with E-state index in [1.165, 1.54) is 60.9 Å². The highest BCUT2D eigenvalue weighted by Gasteiger charge is 2.35. The summed E-state index contributed by atoms with van der Waals surface area (Å²) in [5.74, 6) is 0. The minimum atomic E-state index is -0.119. The van der Waals surface area contributed by atoms with Crippen molar-refractivity contribution in [2.75, 3.05) is 5.32 Å². The van der Waals surface area contributed by atoms with Gasteiger partial charge in [0, 0.05) is 33.2 Å². The largest absolute Gasteiger partial charge is 0.372 e. The van der Waals surface area contributed by atoms with Crippen molar-refractivity contribution >= 4 is 39.3 Å². The molecule has 0 aliphatic heterocycles. The van der Waals surface area contributed by atoms with Gasteiger partial charge in [-0.3, -0.25) is 0 Å². The van der Waals surface area contributed by atoms with Gasteiger partial charge in [-0.1, -0.05) is 111 Å². The molecule has 1 N–H and O–H groups in total. The van der Waals surface area contributed by atoms with Crippen LogP contribution in [0.3, 0.4) is 0 Å². The molecule has 0 saturated heterocycles. The molecule has 0 amide bonds. The second-order valence-electron chi connectivity index (χ2n) is 12.7. The smallest absolute Gasteiger partial charge is 0.0721 e. The Morgan fingerprint density at radius 1 is 0.630 bits per heavy atom. The Morgan fingerprint density at radius 2 is 1.26 bits per heavy atom. The number of benzene rings is 6. The third kappa shape index (κ3) is 4.81. The van der Waals surface area contributed by atoms with E-state index in [-0.39, 0.29) is 5.41 Å². The first-order valence-corrected chi connectivity index (χ1v) is 15.9. The highest BCUT2D eigenvalue weighted by molar-refractivity contribution is 6.10. The fourth-order valence-corrected chi connectivity index (χ4v) is 7.06. The van der Waals surface area contributed by atoms with Crippen molar-refractivity contribution in [3.8, 4) is 16.8 Å². The van der Waals surface area contributed by atoms with Crippen LogP contribution in [0.4, 0.5) is 11.4 Å². The topological polar surface area (TPSA) is 26.2 Å². The monoisotopic (exact) mass is 596 g/mol. The van der Waals surface area contributed by atoms with Crippen LogP contribution in [-0.2, 0) is 23.4 Å². The van der Waals surface area contributed by atoms with Crippen molar-refractivity contribution < 1.29 is 4.74 Å². The average molecular weight is 597 g/mol.